The average Bonchev–Trinajstić information content (AvgIpc) is 2.95. The van der Waals surface area contributed by atoms with Gasteiger partial charge in [-0.25, -0.2) is 24.1 Å². The Morgan fingerprint density at radius 3 is 2.24 bits per heavy atom. The molecule has 1 aliphatic heterocycles. The van der Waals surface area contributed by atoms with Gasteiger partial charge in [0.25, 0.3) is 5.91 Å². The molecule has 0 bridgehead atoms. The van der Waals surface area contributed by atoms with E-state index in [0.29, 0.717) is 36.8 Å². The van der Waals surface area contributed by atoms with Gasteiger partial charge in [-0.15, -0.1) is 0 Å². The lowest BCUT2D eigenvalue weighted by Gasteiger charge is -2.19. The lowest BCUT2D eigenvalue weighted by molar-refractivity contribution is -0.192. The minimum atomic E-state index is -5.08. The Kier molecular flexibility index (Phi) is 8.49. The average molecular weight is 472 g/mol. The van der Waals surface area contributed by atoms with Gasteiger partial charge in [0.1, 0.15) is 5.82 Å². The highest BCUT2D eigenvalue weighted by atomic mass is 19.4. The summed E-state index contributed by atoms with van der Waals surface area (Å²) in [6, 6.07) is 2.08. The molecule has 13 heteroatoms. The molecule has 0 saturated heterocycles. The minimum absolute atomic E-state index is 0.161. The summed E-state index contributed by atoms with van der Waals surface area (Å²) in [4.78, 5) is 36.0. The molecule has 1 amide bonds. The zero-order valence-corrected chi connectivity index (χ0v) is 18.2. The molecule has 2 aromatic heterocycles. The molecule has 3 heterocycles. The van der Waals surface area contributed by atoms with E-state index in [2.05, 4.69) is 20.6 Å². The zero-order chi connectivity index (χ0) is 24.8. The molecule has 0 unspecified atom stereocenters. The van der Waals surface area contributed by atoms with Crippen molar-refractivity contribution >= 4 is 23.6 Å². The van der Waals surface area contributed by atoms with E-state index in [0.717, 1.165) is 17.7 Å². The van der Waals surface area contributed by atoms with Crippen LogP contribution in [0.4, 0.5) is 29.3 Å². The van der Waals surface area contributed by atoms with Crippen LogP contribution in [0.2, 0.25) is 0 Å². The molecule has 9 nitrogen and oxygen atoms in total. The number of nitrogens with zero attached hydrogens (tertiary/aromatic N) is 4. The van der Waals surface area contributed by atoms with Crippen molar-refractivity contribution in [3.8, 4) is 0 Å². The van der Waals surface area contributed by atoms with Crippen molar-refractivity contribution in [2.45, 2.75) is 38.9 Å². The van der Waals surface area contributed by atoms with E-state index in [4.69, 9.17) is 14.9 Å². The van der Waals surface area contributed by atoms with Crippen molar-refractivity contribution in [2.75, 3.05) is 30.4 Å². The monoisotopic (exact) mass is 472 g/mol. The number of halogens is 4. The summed E-state index contributed by atoms with van der Waals surface area (Å²) in [6.07, 6.45) is -1.31. The van der Waals surface area contributed by atoms with Gasteiger partial charge in [-0.2, -0.15) is 13.2 Å². The first-order chi connectivity index (χ1) is 15.4. The Balaban J connectivity index is 0.000000479. The second-order valence-corrected chi connectivity index (χ2v) is 7.36. The van der Waals surface area contributed by atoms with Crippen molar-refractivity contribution in [1.29, 1.82) is 0 Å². The number of carbonyl (C=O) groups is 2. The molecule has 0 spiro atoms. The van der Waals surface area contributed by atoms with Gasteiger partial charge < -0.3 is 20.6 Å². The molecular weight excluding hydrogens is 448 g/mol. The molecule has 0 aromatic carbocycles. The van der Waals surface area contributed by atoms with Crippen LogP contribution in [-0.2, 0) is 17.6 Å². The van der Waals surface area contributed by atoms with Gasteiger partial charge in [0.15, 0.2) is 5.82 Å². The highest BCUT2D eigenvalue weighted by Crippen LogP contribution is 2.23. The number of hydrogen-bond donors (Lipinski definition) is 3. The number of carbonyl (C=O) groups excluding carboxylic acids is 1. The highest BCUT2D eigenvalue weighted by Gasteiger charge is 2.38. The molecule has 2 aromatic rings. The van der Waals surface area contributed by atoms with Gasteiger partial charge >= 0.3 is 12.1 Å². The zero-order valence-electron chi connectivity index (χ0n) is 18.2. The first-order valence-electron chi connectivity index (χ1n) is 9.96. The molecule has 0 saturated carbocycles. The fourth-order valence-electron chi connectivity index (χ4n) is 2.99. The highest BCUT2D eigenvalue weighted by molar-refractivity contribution is 5.98. The van der Waals surface area contributed by atoms with Crippen LogP contribution in [0, 0.1) is 5.82 Å². The molecule has 3 rings (SSSR count). The topological polar surface area (TPSA) is 120 Å². The van der Waals surface area contributed by atoms with E-state index < -0.39 is 18.0 Å². The molecule has 180 valence electrons. The SMILES string of the molecule is CNC(=O)c1cc2c(nc1NC(C)C)CCN(c1ncc(F)cn1)CC2.O=C(O)C(F)(F)F. The Morgan fingerprint density at radius 1 is 1.15 bits per heavy atom. The van der Waals surface area contributed by atoms with Crippen LogP contribution >= 0.6 is 0 Å². The van der Waals surface area contributed by atoms with Crippen molar-refractivity contribution in [3.05, 3.63) is 41.1 Å². The van der Waals surface area contributed by atoms with Gasteiger partial charge in [-0.05, 0) is 31.9 Å². The molecule has 33 heavy (non-hydrogen) atoms. The van der Waals surface area contributed by atoms with Crippen LogP contribution in [-0.4, -0.2) is 64.3 Å². The van der Waals surface area contributed by atoms with Gasteiger partial charge in [0.05, 0.1) is 18.0 Å². The number of amides is 1. The Bertz CT molecular complexity index is 983. The van der Waals surface area contributed by atoms with E-state index in [-0.39, 0.29) is 11.9 Å². The van der Waals surface area contributed by atoms with Crippen LogP contribution in [0.1, 0.15) is 35.5 Å². The Labute approximate surface area is 187 Å². The van der Waals surface area contributed by atoms with E-state index in [9.17, 15) is 22.4 Å². The molecule has 1 aliphatic rings. The molecule has 0 fully saturated rings. The van der Waals surface area contributed by atoms with Crippen molar-refractivity contribution in [2.24, 2.45) is 0 Å². The summed E-state index contributed by atoms with van der Waals surface area (Å²) in [6.45, 7) is 5.39. The molecule has 0 atom stereocenters. The van der Waals surface area contributed by atoms with E-state index >= 15 is 0 Å². The number of hydrogen-bond acceptors (Lipinski definition) is 7. The number of aromatic nitrogens is 3. The van der Waals surface area contributed by atoms with Gasteiger partial charge in [-0.3, -0.25) is 4.79 Å². The predicted molar refractivity (Wildman–Crippen MR) is 112 cm³/mol. The summed E-state index contributed by atoms with van der Waals surface area (Å²) in [5, 5.41) is 13.1. The largest absolute Gasteiger partial charge is 0.490 e. The van der Waals surface area contributed by atoms with E-state index in [1.165, 1.54) is 12.4 Å². The number of alkyl halides is 3. The third-order valence-electron chi connectivity index (χ3n) is 4.49. The number of carboxylic acids is 1. The molecule has 0 aliphatic carbocycles. The number of rotatable bonds is 4. The number of anilines is 2. The smallest absolute Gasteiger partial charge is 0.475 e. The Morgan fingerprint density at radius 2 is 1.73 bits per heavy atom. The number of aliphatic carboxylic acids is 1. The van der Waals surface area contributed by atoms with Gasteiger partial charge in [-0.1, -0.05) is 0 Å². The summed E-state index contributed by atoms with van der Waals surface area (Å²) in [5.74, 6) is -2.26. The summed E-state index contributed by atoms with van der Waals surface area (Å²) < 4.78 is 44.8. The normalized spacial score (nSPS) is 13.4. The molecule has 3 N–H and O–H groups in total. The van der Waals surface area contributed by atoms with Crippen LogP contribution < -0.4 is 15.5 Å². The first kappa shape index (κ1) is 25.7. The lowest BCUT2D eigenvalue weighted by atomic mass is 10.0. The van der Waals surface area contributed by atoms with Gasteiger partial charge in [0, 0.05) is 38.3 Å². The quantitative estimate of drug-likeness (QED) is 0.581. The second-order valence-electron chi connectivity index (χ2n) is 7.36. The van der Waals surface area contributed by atoms with Crippen LogP contribution in [0.3, 0.4) is 0 Å². The fraction of sp³-hybridized carbons (Fsp3) is 0.450. The predicted octanol–water partition coefficient (Wildman–Crippen LogP) is 2.43. The van der Waals surface area contributed by atoms with Crippen LogP contribution in [0.15, 0.2) is 18.5 Å². The maximum atomic E-state index is 13.1. The van der Waals surface area contributed by atoms with Gasteiger partial charge in [0.2, 0.25) is 5.95 Å². The third kappa shape index (κ3) is 7.26. The van der Waals surface area contributed by atoms with Crippen molar-refractivity contribution in [1.82, 2.24) is 20.3 Å². The first-order valence-corrected chi connectivity index (χ1v) is 9.96. The standard InChI is InChI=1S/C18H23FN6O.C2HF3O2/c1-11(2)23-16-14(17(26)20-3)8-12-4-6-25(7-5-15(12)24-16)18-21-9-13(19)10-22-18;3-2(4,5)1(6)7/h8-11H,4-7H2,1-3H3,(H,20,26)(H,23,24);(H,6,7). The van der Waals surface area contributed by atoms with Crippen molar-refractivity contribution < 1.29 is 32.3 Å². The molecule has 0 radical (unpaired) electrons. The van der Waals surface area contributed by atoms with Crippen LogP contribution in [0.5, 0.6) is 0 Å². The summed E-state index contributed by atoms with van der Waals surface area (Å²) >= 11 is 0. The third-order valence-corrected chi connectivity index (χ3v) is 4.49. The van der Waals surface area contributed by atoms with E-state index in [1.807, 2.05) is 24.8 Å². The Hall–Kier alpha value is -3.51. The fourth-order valence-corrected chi connectivity index (χ4v) is 2.99. The summed E-state index contributed by atoms with van der Waals surface area (Å²) in [5.41, 5.74) is 2.55. The maximum Gasteiger partial charge on any atom is 0.490 e. The lowest BCUT2D eigenvalue weighted by Crippen LogP contribution is -2.27. The molecular formula is C20H24F4N6O3. The van der Waals surface area contributed by atoms with E-state index in [1.54, 1.807) is 7.05 Å². The maximum absolute atomic E-state index is 13.1. The number of pyridine rings is 1. The second kappa shape index (κ2) is 10.9. The number of nitrogens with one attached hydrogen (secondary N) is 2. The minimum Gasteiger partial charge on any atom is -0.475 e. The van der Waals surface area contributed by atoms with Crippen molar-refractivity contribution in [3.63, 3.8) is 0 Å². The van der Waals surface area contributed by atoms with Crippen LogP contribution in [0.25, 0.3) is 0 Å². The number of fused-ring (bicyclic) bond motifs is 1. The number of carboxylic acid groups (broad SMARTS) is 1. The summed E-state index contributed by atoms with van der Waals surface area (Å²) in [7, 11) is 1.61.